The number of fused-ring (bicyclic) bond motifs is 4. The van der Waals surface area contributed by atoms with Crippen molar-refractivity contribution in [2.75, 3.05) is 23.7 Å². The van der Waals surface area contributed by atoms with Gasteiger partial charge in [0.15, 0.2) is 0 Å². The van der Waals surface area contributed by atoms with Crippen molar-refractivity contribution in [3.05, 3.63) is 79.1 Å². The van der Waals surface area contributed by atoms with Crippen LogP contribution in [-0.2, 0) is 25.7 Å². The van der Waals surface area contributed by atoms with Gasteiger partial charge in [-0.2, -0.15) is 0 Å². The molecule has 0 amide bonds. The summed E-state index contributed by atoms with van der Waals surface area (Å²) in [5.74, 6) is 1.17. The zero-order valence-electron chi connectivity index (χ0n) is 25.5. The Morgan fingerprint density at radius 3 is 1.55 bits per heavy atom. The van der Waals surface area contributed by atoms with E-state index in [1.165, 1.54) is 23.3 Å². The molecule has 44 heavy (non-hydrogen) atoms. The maximum atomic E-state index is 11.5. The number of nitro groups is 2. The molecular weight excluding hydrogens is 556 g/mol. The quantitative estimate of drug-likeness (QED) is 0.101. The Morgan fingerprint density at radius 1 is 0.705 bits per heavy atom. The number of aromatic nitrogens is 2. The molecule has 2 heterocycles. The number of nitro benzene ring substituents is 2. The Hall–Kier alpha value is -4.34. The third kappa shape index (κ3) is 6.16. The Balaban J connectivity index is 1.08. The first-order valence-electron chi connectivity index (χ1n) is 16.0. The number of pyridine rings is 2. The fraction of sp³-hybridized carbons (Fsp3) is 0.471. The number of unbranched alkanes of at least 4 members (excludes halogenated alkanes) is 3. The summed E-state index contributed by atoms with van der Waals surface area (Å²) in [5, 5.41) is 31.9. The molecule has 6 rings (SSSR count). The van der Waals surface area contributed by atoms with Gasteiger partial charge in [0.05, 0.1) is 20.9 Å². The van der Waals surface area contributed by atoms with Crippen molar-refractivity contribution in [2.45, 2.75) is 78.1 Å². The number of non-ortho nitro benzene ring substituents is 2. The lowest BCUT2D eigenvalue weighted by Crippen LogP contribution is -2.17. The fourth-order valence-electron chi connectivity index (χ4n) is 6.87. The third-order valence-electron chi connectivity index (χ3n) is 9.30. The molecule has 2 aliphatic carbocycles. The van der Waals surface area contributed by atoms with Crippen molar-refractivity contribution in [1.29, 1.82) is 0 Å². The molecule has 0 bridgehead atoms. The predicted octanol–water partition coefficient (Wildman–Crippen LogP) is 7.93. The van der Waals surface area contributed by atoms with E-state index >= 15 is 0 Å². The zero-order chi connectivity index (χ0) is 30.8. The summed E-state index contributed by atoms with van der Waals surface area (Å²) in [6.45, 7) is 6.09. The van der Waals surface area contributed by atoms with Crippen LogP contribution in [0.25, 0.3) is 21.8 Å². The first-order valence-corrected chi connectivity index (χ1v) is 16.0. The van der Waals surface area contributed by atoms with E-state index in [2.05, 4.69) is 24.5 Å². The lowest BCUT2D eigenvalue weighted by atomic mass is 9.86. The third-order valence-corrected chi connectivity index (χ3v) is 9.30. The van der Waals surface area contributed by atoms with Gasteiger partial charge in [0.1, 0.15) is 0 Å². The van der Waals surface area contributed by atoms with Crippen LogP contribution in [0.2, 0.25) is 0 Å². The zero-order valence-corrected chi connectivity index (χ0v) is 25.5. The number of rotatable bonds is 11. The van der Waals surface area contributed by atoms with Gasteiger partial charge in [-0.15, -0.1) is 0 Å². The van der Waals surface area contributed by atoms with Crippen molar-refractivity contribution in [3.63, 3.8) is 0 Å². The van der Waals surface area contributed by atoms with Crippen LogP contribution in [0.4, 0.5) is 22.7 Å². The van der Waals surface area contributed by atoms with Crippen molar-refractivity contribution < 1.29 is 9.85 Å². The van der Waals surface area contributed by atoms with Crippen LogP contribution < -0.4 is 10.6 Å². The second kappa shape index (κ2) is 12.7. The molecule has 10 nitrogen and oxygen atoms in total. The molecule has 2 N–H and O–H groups in total. The lowest BCUT2D eigenvalue weighted by molar-refractivity contribution is -0.384. The molecule has 2 aromatic carbocycles. The van der Waals surface area contributed by atoms with Crippen LogP contribution >= 0.6 is 0 Å². The second-order valence-electron chi connectivity index (χ2n) is 12.7. The SMILES string of the molecule is CC1CCc2c(nc3ccc([N+](=O)[O-])cc3c2NCCCCCCNc2c3c(nc4ccc([N+](=O)[O-])cc24)CC(C)CC3)C1. The highest BCUT2D eigenvalue weighted by atomic mass is 16.6. The van der Waals surface area contributed by atoms with Crippen molar-refractivity contribution in [1.82, 2.24) is 9.97 Å². The Labute approximate surface area is 257 Å². The van der Waals surface area contributed by atoms with Crippen LogP contribution in [0.5, 0.6) is 0 Å². The monoisotopic (exact) mass is 596 g/mol. The van der Waals surface area contributed by atoms with Gasteiger partial charge in [-0.1, -0.05) is 26.7 Å². The van der Waals surface area contributed by atoms with Crippen LogP contribution in [0.1, 0.15) is 74.9 Å². The average molecular weight is 597 g/mol. The molecule has 2 aliphatic rings. The van der Waals surface area contributed by atoms with Gasteiger partial charge in [-0.3, -0.25) is 30.2 Å². The fourth-order valence-corrected chi connectivity index (χ4v) is 6.87. The smallest absolute Gasteiger partial charge is 0.270 e. The molecule has 0 saturated carbocycles. The van der Waals surface area contributed by atoms with Gasteiger partial charge >= 0.3 is 0 Å². The Bertz CT molecular complexity index is 1610. The summed E-state index contributed by atoms with van der Waals surface area (Å²) in [5.41, 5.74) is 8.47. The minimum atomic E-state index is -0.342. The van der Waals surface area contributed by atoms with E-state index in [4.69, 9.17) is 9.97 Å². The first-order chi connectivity index (χ1) is 21.3. The van der Waals surface area contributed by atoms with Crippen LogP contribution in [0, 0.1) is 32.1 Å². The van der Waals surface area contributed by atoms with Crippen molar-refractivity contribution in [2.24, 2.45) is 11.8 Å². The number of nitrogens with one attached hydrogen (secondary N) is 2. The summed E-state index contributed by atoms with van der Waals surface area (Å²) in [6, 6.07) is 9.94. The summed E-state index contributed by atoms with van der Waals surface area (Å²) in [4.78, 5) is 32.1. The molecule has 2 aromatic heterocycles. The molecule has 0 saturated heterocycles. The van der Waals surface area contributed by atoms with E-state index in [0.29, 0.717) is 11.8 Å². The molecule has 0 spiro atoms. The van der Waals surface area contributed by atoms with Crippen LogP contribution in [0.3, 0.4) is 0 Å². The molecular formula is C34H40N6O4. The largest absolute Gasteiger partial charge is 0.384 e. The standard InChI is InChI=1S/C34H40N6O4/c1-21-7-11-25-31(17-21)37-29-13-9-23(39(41)42)19-27(29)33(25)35-15-5-3-4-6-16-36-34-26-12-8-22(2)18-32(26)38-30-14-10-24(40(43)44)20-28(30)34/h9-10,13-14,19-22H,3-8,11-12,15-18H2,1-2H3,(H,35,37)(H,36,38). The number of nitrogens with zero attached hydrogens (tertiary/aromatic N) is 4. The number of hydrogen-bond donors (Lipinski definition) is 2. The van der Waals surface area contributed by atoms with Gasteiger partial charge in [0.2, 0.25) is 0 Å². The normalized spacial score (nSPS) is 17.7. The van der Waals surface area contributed by atoms with E-state index in [-0.39, 0.29) is 21.2 Å². The predicted molar refractivity (Wildman–Crippen MR) is 175 cm³/mol. The molecule has 10 heteroatoms. The maximum absolute atomic E-state index is 11.5. The minimum Gasteiger partial charge on any atom is -0.384 e. The van der Waals surface area contributed by atoms with Gasteiger partial charge in [-0.05, 0) is 86.5 Å². The van der Waals surface area contributed by atoms with E-state index in [1.54, 1.807) is 24.3 Å². The molecule has 2 atom stereocenters. The Morgan fingerprint density at radius 2 is 1.14 bits per heavy atom. The number of benzene rings is 2. The van der Waals surface area contributed by atoms with Crippen LogP contribution in [-0.4, -0.2) is 32.9 Å². The van der Waals surface area contributed by atoms with Gasteiger partial charge in [0, 0.05) is 70.9 Å². The summed E-state index contributed by atoms with van der Waals surface area (Å²) in [7, 11) is 0. The lowest BCUT2D eigenvalue weighted by Gasteiger charge is -2.25. The minimum absolute atomic E-state index is 0.0892. The maximum Gasteiger partial charge on any atom is 0.270 e. The summed E-state index contributed by atoms with van der Waals surface area (Å²) >= 11 is 0. The highest BCUT2D eigenvalue weighted by Gasteiger charge is 2.24. The summed E-state index contributed by atoms with van der Waals surface area (Å²) < 4.78 is 0. The molecule has 0 fully saturated rings. The van der Waals surface area contributed by atoms with Gasteiger partial charge < -0.3 is 10.6 Å². The summed E-state index contributed by atoms with van der Waals surface area (Å²) in [6.07, 6.45) is 10.0. The topological polar surface area (TPSA) is 136 Å². The molecule has 0 radical (unpaired) electrons. The number of hydrogen-bond acceptors (Lipinski definition) is 8. The van der Waals surface area contributed by atoms with E-state index in [0.717, 1.165) is 122 Å². The van der Waals surface area contributed by atoms with Crippen molar-refractivity contribution >= 4 is 44.6 Å². The highest BCUT2D eigenvalue weighted by molar-refractivity contribution is 5.96. The van der Waals surface area contributed by atoms with E-state index < -0.39 is 0 Å². The average Bonchev–Trinajstić information content (AvgIpc) is 3.00. The van der Waals surface area contributed by atoms with Gasteiger partial charge in [0.25, 0.3) is 11.4 Å². The molecule has 0 aliphatic heterocycles. The van der Waals surface area contributed by atoms with E-state index in [9.17, 15) is 20.2 Å². The van der Waals surface area contributed by atoms with Gasteiger partial charge in [-0.25, -0.2) is 0 Å². The molecule has 2 unspecified atom stereocenters. The highest BCUT2D eigenvalue weighted by Crippen LogP contribution is 2.38. The van der Waals surface area contributed by atoms with E-state index in [1.807, 2.05) is 0 Å². The van der Waals surface area contributed by atoms with Crippen LogP contribution in [0.15, 0.2) is 36.4 Å². The number of anilines is 2. The van der Waals surface area contributed by atoms with Crippen molar-refractivity contribution in [3.8, 4) is 0 Å². The first kappa shape index (κ1) is 29.7. The molecule has 230 valence electrons. The Kier molecular flexibility index (Phi) is 8.59. The molecule has 4 aromatic rings. The second-order valence-corrected chi connectivity index (χ2v) is 12.7.